The van der Waals surface area contributed by atoms with Crippen molar-refractivity contribution in [2.45, 2.75) is 12.3 Å². The van der Waals surface area contributed by atoms with Gasteiger partial charge in [0.25, 0.3) is 0 Å². The molecular weight excluding hydrogens is 261 g/mol. The van der Waals surface area contributed by atoms with Gasteiger partial charge < -0.3 is 14.4 Å². The zero-order valence-corrected chi connectivity index (χ0v) is 11.7. The Bertz CT molecular complexity index is 452. The summed E-state index contributed by atoms with van der Waals surface area (Å²) >= 11 is 0. The van der Waals surface area contributed by atoms with Crippen molar-refractivity contribution in [1.82, 2.24) is 4.90 Å². The van der Waals surface area contributed by atoms with Gasteiger partial charge in [-0.25, -0.2) is 4.39 Å². The topological polar surface area (TPSA) is 38.8 Å². The van der Waals surface area contributed by atoms with Crippen LogP contribution in [0.3, 0.4) is 0 Å². The van der Waals surface area contributed by atoms with Crippen LogP contribution in [0.1, 0.15) is 17.9 Å². The van der Waals surface area contributed by atoms with Crippen LogP contribution in [0, 0.1) is 5.82 Å². The van der Waals surface area contributed by atoms with Crippen LogP contribution in [0.5, 0.6) is 0 Å². The molecule has 1 aromatic carbocycles. The quantitative estimate of drug-likeness (QED) is 0.746. The van der Waals surface area contributed by atoms with E-state index in [0.717, 1.165) is 6.42 Å². The number of ether oxygens (including phenoxy) is 2. The summed E-state index contributed by atoms with van der Waals surface area (Å²) in [5.41, 5.74) is 0.697. The zero-order chi connectivity index (χ0) is 14.4. The number of carbonyl (C=O) groups excluding carboxylic acids is 1. The lowest BCUT2D eigenvalue weighted by Gasteiger charge is -2.17. The van der Waals surface area contributed by atoms with Crippen LogP contribution in [-0.2, 0) is 14.3 Å². The Morgan fingerprint density at radius 3 is 2.95 bits per heavy atom. The highest BCUT2D eigenvalue weighted by Gasteiger charge is 2.28. The van der Waals surface area contributed by atoms with Crippen molar-refractivity contribution in [3.8, 4) is 0 Å². The number of amides is 1. The van der Waals surface area contributed by atoms with Crippen molar-refractivity contribution in [3.63, 3.8) is 0 Å². The first kappa shape index (κ1) is 14.9. The van der Waals surface area contributed by atoms with E-state index in [9.17, 15) is 9.18 Å². The summed E-state index contributed by atoms with van der Waals surface area (Å²) in [6.45, 7) is 2.17. The molecule has 1 aliphatic rings. The second kappa shape index (κ2) is 7.36. The van der Waals surface area contributed by atoms with Gasteiger partial charge in [-0.3, -0.25) is 4.79 Å². The number of halogens is 1. The molecule has 4 nitrogen and oxygen atoms in total. The van der Waals surface area contributed by atoms with Crippen molar-refractivity contribution in [1.29, 1.82) is 0 Å². The third-order valence-corrected chi connectivity index (χ3v) is 3.54. The van der Waals surface area contributed by atoms with E-state index in [0.29, 0.717) is 31.9 Å². The van der Waals surface area contributed by atoms with E-state index in [1.54, 1.807) is 24.1 Å². The van der Waals surface area contributed by atoms with Crippen LogP contribution < -0.4 is 0 Å². The van der Waals surface area contributed by atoms with Crippen LogP contribution >= 0.6 is 0 Å². The molecule has 0 radical (unpaired) electrons. The first-order valence-electron chi connectivity index (χ1n) is 6.81. The molecule has 1 aliphatic heterocycles. The van der Waals surface area contributed by atoms with E-state index in [2.05, 4.69) is 0 Å². The van der Waals surface area contributed by atoms with Crippen LogP contribution in [0.15, 0.2) is 24.3 Å². The maximum Gasteiger partial charge on any atom is 0.248 e. The maximum atomic E-state index is 13.7. The number of benzene rings is 1. The molecule has 2 rings (SSSR count). The number of nitrogens with zero attached hydrogens (tertiary/aromatic N) is 1. The van der Waals surface area contributed by atoms with Crippen molar-refractivity contribution in [3.05, 3.63) is 35.6 Å². The molecule has 1 amide bonds. The van der Waals surface area contributed by atoms with E-state index < -0.39 is 0 Å². The number of carbonyl (C=O) groups is 1. The highest BCUT2D eigenvalue weighted by molar-refractivity contribution is 5.77. The molecule has 0 bridgehead atoms. The Balaban J connectivity index is 1.83. The summed E-state index contributed by atoms with van der Waals surface area (Å²) in [4.78, 5) is 13.7. The Morgan fingerprint density at radius 1 is 1.40 bits per heavy atom. The minimum Gasteiger partial charge on any atom is -0.382 e. The fourth-order valence-electron chi connectivity index (χ4n) is 2.44. The number of methoxy groups -OCH3 is 1. The van der Waals surface area contributed by atoms with Crippen molar-refractivity contribution in [2.75, 3.05) is 40.0 Å². The first-order chi connectivity index (χ1) is 9.72. The lowest BCUT2D eigenvalue weighted by atomic mass is 9.98. The van der Waals surface area contributed by atoms with Crippen molar-refractivity contribution < 1.29 is 18.7 Å². The molecule has 0 spiro atoms. The summed E-state index contributed by atoms with van der Waals surface area (Å²) < 4.78 is 23.8. The van der Waals surface area contributed by atoms with Gasteiger partial charge in [0.05, 0.1) is 13.2 Å². The van der Waals surface area contributed by atoms with E-state index in [4.69, 9.17) is 9.47 Å². The molecule has 0 saturated carbocycles. The van der Waals surface area contributed by atoms with E-state index in [-0.39, 0.29) is 24.2 Å². The van der Waals surface area contributed by atoms with Crippen molar-refractivity contribution in [2.24, 2.45) is 0 Å². The van der Waals surface area contributed by atoms with Crippen molar-refractivity contribution >= 4 is 5.91 Å². The molecule has 0 aromatic heterocycles. The largest absolute Gasteiger partial charge is 0.382 e. The van der Waals surface area contributed by atoms with Gasteiger partial charge in [0.15, 0.2) is 0 Å². The minimum atomic E-state index is -0.192. The minimum absolute atomic E-state index is 0.0417. The zero-order valence-electron chi connectivity index (χ0n) is 11.7. The average Bonchev–Trinajstić information content (AvgIpc) is 2.93. The molecule has 1 saturated heterocycles. The van der Waals surface area contributed by atoms with Gasteiger partial charge >= 0.3 is 0 Å². The molecule has 1 atom stereocenters. The second-order valence-corrected chi connectivity index (χ2v) is 4.89. The summed E-state index contributed by atoms with van der Waals surface area (Å²) in [5.74, 6) is -0.151. The summed E-state index contributed by atoms with van der Waals surface area (Å²) in [6.07, 6.45) is 0.796. The van der Waals surface area contributed by atoms with Gasteiger partial charge in [0.2, 0.25) is 5.91 Å². The van der Waals surface area contributed by atoms with Gasteiger partial charge in [0, 0.05) is 26.1 Å². The van der Waals surface area contributed by atoms with Gasteiger partial charge in [-0.1, -0.05) is 18.2 Å². The number of rotatable bonds is 6. The fourth-order valence-corrected chi connectivity index (χ4v) is 2.44. The molecular formula is C15H20FNO3. The lowest BCUT2D eigenvalue weighted by molar-refractivity contribution is -0.135. The monoisotopic (exact) mass is 281 g/mol. The van der Waals surface area contributed by atoms with Gasteiger partial charge in [0.1, 0.15) is 12.4 Å². The smallest absolute Gasteiger partial charge is 0.248 e. The predicted molar refractivity (Wildman–Crippen MR) is 73.0 cm³/mol. The van der Waals surface area contributed by atoms with Crippen LogP contribution in [-0.4, -0.2) is 50.8 Å². The molecule has 1 aromatic rings. The molecule has 1 fully saturated rings. The number of hydrogen-bond acceptors (Lipinski definition) is 3. The van der Waals surface area contributed by atoms with Crippen LogP contribution in [0.4, 0.5) is 4.39 Å². The summed E-state index contributed by atoms with van der Waals surface area (Å²) in [6, 6.07) is 6.77. The molecule has 0 N–H and O–H groups in total. The van der Waals surface area contributed by atoms with E-state index in [1.165, 1.54) is 6.07 Å². The van der Waals surface area contributed by atoms with Gasteiger partial charge in [-0.15, -0.1) is 0 Å². The standard InChI is InChI=1S/C15H20FNO3/c1-19-8-9-20-11-15(18)17-7-6-12(10-17)13-4-2-3-5-14(13)16/h2-5,12H,6-11H2,1H3/t12-/m0/s1. The SMILES string of the molecule is COCCOCC(=O)N1CC[C@H](c2ccccc2F)C1. The average molecular weight is 281 g/mol. The highest BCUT2D eigenvalue weighted by Crippen LogP contribution is 2.28. The second-order valence-electron chi connectivity index (χ2n) is 4.89. The summed E-state index contributed by atoms with van der Waals surface area (Å²) in [5, 5.41) is 0. The molecule has 5 heteroatoms. The third-order valence-electron chi connectivity index (χ3n) is 3.54. The summed E-state index contributed by atoms with van der Waals surface area (Å²) in [7, 11) is 1.59. The van der Waals surface area contributed by atoms with Gasteiger partial charge in [-0.05, 0) is 18.1 Å². The molecule has 110 valence electrons. The Kier molecular flexibility index (Phi) is 5.49. The normalized spacial score (nSPS) is 18.5. The number of likely N-dealkylation sites (tertiary alicyclic amines) is 1. The third kappa shape index (κ3) is 3.77. The van der Waals surface area contributed by atoms with E-state index in [1.807, 2.05) is 6.07 Å². The Labute approximate surface area is 118 Å². The molecule has 0 unspecified atom stereocenters. The first-order valence-corrected chi connectivity index (χ1v) is 6.81. The number of hydrogen-bond donors (Lipinski definition) is 0. The Hall–Kier alpha value is -1.46. The highest BCUT2D eigenvalue weighted by atomic mass is 19.1. The molecule has 0 aliphatic carbocycles. The Morgan fingerprint density at radius 2 is 2.20 bits per heavy atom. The predicted octanol–water partition coefficient (Wildman–Crippen LogP) is 1.80. The lowest BCUT2D eigenvalue weighted by Crippen LogP contribution is -2.32. The molecule has 20 heavy (non-hydrogen) atoms. The van der Waals surface area contributed by atoms with E-state index >= 15 is 0 Å². The maximum absolute atomic E-state index is 13.7. The molecule has 1 heterocycles. The fraction of sp³-hybridized carbons (Fsp3) is 0.533. The van der Waals surface area contributed by atoms with Gasteiger partial charge in [-0.2, -0.15) is 0 Å². The van der Waals surface area contributed by atoms with Crippen LogP contribution in [0.2, 0.25) is 0 Å². The van der Waals surface area contributed by atoms with Crippen LogP contribution in [0.25, 0.3) is 0 Å².